The quantitative estimate of drug-likeness (QED) is 0.630. The topological polar surface area (TPSA) is 98.0 Å². The minimum absolute atomic E-state index is 0.115. The summed E-state index contributed by atoms with van der Waals surface area (Å²) in [5.41, 5.74) is 0.803. The van der Waals surface area contributed by atoms with Crippen LogP contribution in [0.3, 0.4) is 0 Å². The van der Waals surface area contributed by atoms with Gasteiger partial charge in [-0.25, -0.2) is 14.2 Å². The van der Waals surface area contributed by atoms with E-state index in [9.17, 15) is 14.4 Å². The molecule has 0 aliphatic heterocycles. The fourth-order valence-electron chi connectivity index (χ4n) is 2.94. The van der Waals surface area contributed by atoms with Gasteiger partial charge in [-0.2, -0.15) is 4.98 Å². The molecule has 2 aromatic carbocycles. The van der Waals surface area contributed by atoms with Gasteiger partial charge in [-0.3, -0.25) is 9.36 Å². The van der Waals surface area contributed by atoms with E-state index < -0.39 is 11.4 Å². The highest BCUT2D eigenvalue weighted by Gasteiger charge is 2.16. The van der Waals surface area contributed by atoms with Crippen molar-refractivity contribution in [3.8, 4) is 0 Å². The van der Waals surface area contributed by atoms with Gasteiger partial charge in [-0.05, 0) is 55.8 Å². The van der Waals surface area contributed by atoms with E-state index in [1.54, 1.807) is 57.3 Å². The van der Waals surface area contributed by atoms with Gasteiger partial charge in [0.2, 0.25) is 5.95 Å². The second-order valence-corrected chi connectivity index (χ2v) is 7.39. The molecule has 0 aliphatic carbocycles. The van der Waals surface area contributed by atoms with Crippen LogP contribution in [-0.2, 0) is 6.54 Å². The molecule has 0 aliphatic rings. The summed E-state index contributed by atoms with van der Waals surface area (Å²) in [7, 11) is 1.55. The maximum Gasteiger partial charge on any atom is 0.355 e. The number of benzene rings is 2. The standard InChI is InChI=1S/C21H22ClN5O3/c1-13(2)27-20(29)25-19(24-17-10-6-15(7-11-17)18(28)23-3)26(21(27)30)12-14-4-8-16(22)9-5-14/h4-11,13H,12H2,1-3H3,(H,23,28)(H,24,25,29). The van der Waals surface area contributed by atoms with Crippen LogP contribution in [0.5, 0.6) is 0 Å². The molecule has 30 heavy (non-hydrogen) atoms. The minimum atomic E-state index is -0.633. The Morgan fingerprint density at radius 2 is 1.70 bits per heavy atom. The largest absolute Gasteiger partial charge is 0.355 e. The Balaban J connectivity index is 2.04. The molecule has 0 saturated carbocycles. The van der Waals surface area contributed by atoms with Crippen LogP contribution >= 0.6 is 11.6 Å². The van der Waals surface area contributed by atoms with Crippen LogP contribution in [0.2, 0.25) is 5.02 Å². The molecule has 0 bridgehead atoms. The Hall–Kier alpha value is -3.39. The van der Waals surface area contributed by atoms with Crippen LogP contribution in [0.25, 0.3) is 0 Å². The van der Waals surface area contributed by atoms with Crippen molar-refractivity contribution in [3.63, 3.8) is 0 Å². The minimum Gasteiger partial charge on any atom is -0.355 e. The number of halogens is 1. The van der Waals surface area contributed by atoms with E-state index in [2.05, 4.69) is 15.6 Å². The van der Waals surface area contributed by atoms with Crippen molar-refractivity contribution < 1.29 is 4.79 Å². The third kappa shape index (κ3) is 4.60. The third-order valence-corrected chi connectivity index (χ3v) is 4.75. The summed E-state index contributed by atoms with van der Waals surface area (Å²) in [6, 6.07) is 13.4. The monoisotopic (exact) mass is 427 g/mol. The van der Waals surface area contributed by atoms with Crippen molar-refractivity contribution in [2.75, 3.05) is 12.4 Å². The lowest BCUT2D eigenvalue weighted by Crippen LogP contribution is -2.43. The average molecular weight is 428 g/mol. The first-order valence-electron chi connectivity index (χ1n) is 9.37. The van der Waals surface area contributed by atoms with Crippen molar-refractivity contribution in [2.24, 2.45) is 0 Å². The number of anilines is 2. The van der Waals surface area contributed by atoms with Crippen molar-refractivity contribution in [1.29, 1.82) is 0 Å². The van der Waals surface area contributed by atoms with Crippen LogP contribution in [0.15, 0.2) is 58.1 Å². The zero-order valence-electron chi connectivity index (χ0n) is 16.8. The first kappa shape index (κ1) is 21.3. The number of hydrogen-bond acceptors (Lipinski definition) is 5. The van der Waals surface area contributed by atoms with Crippen molar-refractivity contribution in [1.82, 2.24) is 19.4 Å². The van der Waals surface area contributed by atoms with Gasteiger partial charge in [-0.1, -0.05) is 23.7 Å². The average Bonchev–Trinajstić information content (AvgIpc) is 2.72. The van der Waals surface area contributed by atoms with Crippen molar-refractivity contribution >= 4 is 29.1 Å². The molecule has 1 heterocycles. The van der Waals surface area contributed by atoms with Crippen LogP contribution in [0.1, 0.15) is 35.8 Å². The molecule has 0 spiro atoms. The molecular weight excluding hydrogens is 406 g/mol. The summed E-state index contributed by atoms with van der Waals surface area (Å²) in [5, 5.41) is 6.16. The number of aromatic nitrogens is 3. The van der Waals surface area contributed by atoms with Crippen molar-refractivity contribution in [3.05, 3.63) is 85.6 Å². The number of nitrogens with one attached hydrogen (secondary N) is 2. The summed E-state index contributed by atoms with van der Waals surface area (Å²) in [6.45, 7) is 3.71. The highest BCUT2D eigenvalue weighted by atomic mass is 35.5. The number of amides is 1. The fraction of sp³-hybridized carbons (Fsp3) is 0.238. The lowest BCUT2D eigenvalue weighted by atomic mass is 10.2. The molecule has 1 amide bonds. The summed E-state index contributed by atoms with van der Waals surface area (Å²) >= 11 is 5.95. The maximum atomic E-state index is 13.1. The van der Waals surface area contributed by atoms with E-state index in [0.29, 0.717) is 16.3 Å². The Morgan fingerprint density at radius 3 is 2.27 bits per heavy atom. The van der Waals surface area contributed by atoms with Gasteiger partial charge in [0.15, 0.2) is 0 Å². The molecule has 1 aromatic heterocycles. The van der Waals surface area contributed by atoms with Crippen LogP contribution in [0.4, 0.5) is 11.6 Å². The molecular formula is C21H22ClN5O3. The van der Waals surface area contributed by atoms with E-state index in [-0.39, 0.29) is 24.4 Å². The van der Waals surface area contributed by atoms with Crippen molar-refractivity contribution in [2.45, 2.75) is 26.4 Å². The normalized spacial score (nSPS) is 10.8. The van der Waals surface area contributed by atoms with Gasteiger partial charge < -0.3 is 10.6 Å². The number of hydrogen-bond donors (Lipinski definition) is 2. The molecule has 0 saturated heterocycles. The zero-order chi connectivity index (χ0) is 21.8. The lowest BCUT2D eigenvalue weighted by Gasteiger charge is -2.17. The van der Waals surface area contributed by atoms with Gasteiger partial charge in [-0.15, -0.1) is 0 Å². The Bertz CT molecular complexity index is 1170. The number of nitrogens with zero attached hydrogens (tertiary/aromatic N) is 3. The molecule has 8 nitrogen and oxygen atoms in total. The molecule has 2 N–H and O–H groups in total. The Kier molecular flexibility index (Phi) is 6.37. The predicted molar refractivity (Wildman–Crippen MR) is 117 cm³/mol. The molecule has 0 radical (unpaired) electrons. The highest BCUT2D eigenvalue weighted by molar-refractivity contribution is 6.30. The highest BCUT2D eigenvalue weighted by Crippen LogP contribution is 2.16. The van der Waals surface area contributed by atoms with Crippen LogP contribution < -0.4 is 22.0 Å². The Labute approximate surface area is 178 Å². The number of rotatable bonds is 6. The second kappa shape index (κ2) is 8.96. The predicted octanol–water partition coefficient (Wildman–Crippen LogP) is 2.79. The summed E-state index contributed by atoms with van der Waals surface area (Å²) in [6.07, 6.45) is 0. The molecule has 3 rings (SSSR count). The first-order valence-corrected chi connectivity index (χ1v) is 9.75. The van der Waals surface area contributed by atoms with E-state index in [1.807, 2.05) is 12.1 Å². The van der Waals surface area contributed by atoms with E-state index in [1.165, 1.54) is 4.57 Å². The maximum absolute atomic E-state index is 13.1. The van der Waals surface area contributed by atoms with E-state index in [4.69, 9.17) is 11.6 Å². The molecule has 3 aromatic rings. The Morgan fingerprint density at radius 1 is 1.07 bits per heavy atom. The number of carbonyl (C=O) groups excluding carboxylic acids is 1. The fourth-order valence-corrected chi connectivity index (χ4v) is 3.06. The van der Waals surface area contributed by atoms with E-state index >= 15 is 0 Å². The van der Waals surface area contributed by atoms with Gasteiger partial charge >= 0.3 is 11.4 Å². The van der Waals surface area contributed by atoms with Gasteiger partial charge in [0.25, 0.3) is 5.91 Å². The summed E-state index contributed by atoms with van der Waals surface area (Å²) in [4.78, 5) is 41.3. The van der Waals surface area contributed by atoms with Crippen LogP contribution in [0, 0.1) is 0 Å². The number of carbonyl (C=O) groups is 1. The SMILES string of the molecule is CNC(=O)c1ccc(Nc2nc(=O)n(C(C)C)c(=O)n2Cc2ccc(Cl)cc2)cc1. The van der Waals surface area contributed by atoms with Gasteiger partial charge in [0.1, 0.15) is 0 Å². The van der Waals surface area contributed by atoms with Gasteiger partial charge in [0.05, 0.1) is 6.54 Å². The molecule has 9 heteroatoms. The first-order chi connectivity index (χ1) is 14.3. The summed E-state index contributed by atoms with van der Waals surface area (Å²) in [5.74, 6) is -0.0941. The molecule has 0 atom stereocenters. The third-order valence-electron chi connectivity index (χ3n) is 4.50. The summed E-state index contributed by atoms with van der Waals surface area (Å²) < 4.78 is 2.51. The zero-order valence-corrected chi connectivity index (χ0v) is 17.6. The smallest absolute Gasteiger partial charge is 0.355 e. The van der Waals surface area contributed by atoms with Crippen LogP contribution in [-0.4, -0.2) is 27.1 Å². The second-order valence-electron chi connectivity index (χ2n) is 6.96. The molecule has 156 valence electrons. The van der Waals surface area contributed by atoms with E-state index in [0.717, 1.165) is 10.1 Å². The molecule has 0 unspecified atom stereocenters. The lowest BCUT2D eigenvalue weighted by molar-refractivity contribution is 0.0963. The van der Waals surface area contributed by atoms with Gasteiger partial charge in [0, 0.05) is 29.4 Å². The molecule has 0 fully saturated rings.